The Morgan fingerprint density at radius 1 is 1.10 bits per heavy atom. The van der Waals surface area contributed by atoms with E-state index in [-0.39, 0.29) is 12.5 Å². The number of amides is 1. The molecule has 0 radical (unpaired) electrons. The van der Waals surface area contributed by atoms with Gasteiger partial charge in [0.15, 0.2) is 11.5 Å². The van der Waals surface area contributed by atoms with E-state index < -0.39 is 0 Å². The topological polar surface area (TPSA) is 122 Å². The summed E-state index contributed by atoms with van der Waals surface area (Å²) < 4.78 is 11.7. The fraction of sp³-hybridized carbons (Fsp3) is 0.310. The van der Waals surface area contributed by atoms with Crippen LogP contribution in [0.1, 0.15) is 29.6 Å². The average Bonchev–Trinajstić information content (AvgIpc) is 3.81. The van der Waals surface area contributed by atoms with E-state index in [1.165, 1.54) is 19.2 Å². The SMILES string of the molecule is COc1cc2c(Nc3ccc(NC(=O)c4cccc(Cl)c4)nc3)ncnc2cc1OCCCN(CCO)C1CC1. The lowest BCUT2D eigenvalue weighted by Gasteiger charge is -2.20. The zero-order chi connectivity index (χ0) is 27.9. The van der Waals surface area contributed by atoms with E-state index >= 15 is 0 Å². The summed E-state index contributed by atoms with van der Waals surface area (Å²) in [5, 5.41) is 16.6. The number of methoxy groups -OCH3 is 1. The zero-order valence-corrected chi connectivity index (χ0v) is 22.9. The maximum absolute atomic E-state index is 12.5. The van der Waals surface area contributed by atoms with Crippen molar-refractivity contribution in [3.8, 4) is 11.5 Å². The van der Waals surface area contributed by atoms with Gasteiger partial charge in [-0.2, -0.15) is 0 Å². The molecule has 2 aromatic heterocycles. The minimum Gasteiger partial charge on any atom is -0.493 e. The van der Waals surface area contributed by atoms with E-state index in [0.717, 1.165) is 18.4 Å². The number of rotatable bonds is 13. The van der Waals surface area contributed by atoms with Gasteiger partial charge in [0.05, 0.1) is 37.7 Å². The summed E-state index contributed by atoms with van der Waals surface area (Å²) in [5.41, 5.74) is 1.83. The van der Waals surface area contributed by atoms with Gasteiger partial charge < -0.3 is 25.2 Å². The lowest BCUT2D eigenvalue weighted by molar-refractivity contribution is 0.102. The minimum absolute atomic E-state index is 0.173. The van der Waals surface area contributed by atoms with Gasteiger partial charge in [-0.25, -0.2) is 15.0 Å². The molecule has 2 aromatic carbocycles. The Bertz CT molecular complexity index is 1470. The average molecular weight is 563 g/mol. The lowest BCUT2D eigenvalue weighted by Crippen LogP contribution is -2.31. The Kier molecular flexibility index (Phi) is 8.90. The summed E-state index contributed by atoms with van der Waals surface area (Å²) >= 11 is 5.98. The molecule has 0 atom stereocenters. The van der Waals surface area contributed by atoms with Crippen molar-refractivity contribution in [3.63, 3.8) is 0 Å². The van der Waals surface area contributed by atoms with Crippen molar-refractivity contribution in [2.75, 3.05) is 44.0 Å². The molecule has 0 bridgehead atoms. The zero-order valence-electron chi connectivity index (χ0n) is 22.1. The molecule has 5 rings (SSSR count). The third-order valence-corrected chi connectivity index (χ3v) is 6.81. The molecule has 40 heavy (non-hydrogen) atoms. The van der Waals surface area contributed by atoms with Gasteiger partial charge in [-0.15, -0.1) is 0 Å². The summed E-state index contributed by atoms with van der Waals surface area (Å²) in [7, 11) is 1.60. The highest BCUT2D eigenvalue weighted by Gasteiger charge is 2.27. The van der Waals surface area contributed by atoms with Crippen LogP contribution in [0.2, 0.25) is 5.02 Å². The highest BCUT2D eigenvalue weighted by molar-refractivity contribution is 6.31. The number of anilines is 3. The molecule has 10 nitrogen and oxygen atoms in total. The third-order valence-electron chi connectivity index (χ3n) is 6.57. The quantitative estimate of drug-likeness (QED) is 0.195. The van der Waals surface area contributed by atoms with Crippen LogP contribution in [-0.4, -0.2) is 70.3 Å². The molecule has 4 aromatic rings. The summed E-state index contributed by atoms with van der Waals surface area (Å²) in [6.45, 7) is 2.28. The number of hydrogen-bond donors (Lipinski definition) is 3. The number of carbonyl (C=O) groups is 1. The number of aromatic nitrogens is 3. The highest BCUT2D eigenvalue weighted by Crippen LogP contribution is 2.35. The summed E-state index contributed by atoms with van der Waals surface area (Å²) in [5.74, 6) is 1.88. The van der Waals surface area contributed by atoms with Crippen molar-refractivity contribution in [2.45, 2.75) is 25.3 Å². The molecule has 0 unspecified atom stereocenters. The van der Waals surface area contributed by atoms with Crippen molar-refractivity contribution >= 4 is 45.7 Å². The molecular formula is C29H31ClN6O4. The second-order valence-electron chi connectivity index (χ2n) is 9.46. The predicted molar refractivity (Wildman–Crippen MR) is 155 cm³/mol. The molecule has 208 valence electrons. The maximum Gasteiger partial charge on any atom is 0.256 e. The number of nitrogens with one attached hydrogen (secondary N) is 2. The van der Waals surface area contributed by atoms with Gasteiger partial charge in [-0.3, -0.25) is 9.69 Å². The number of ether oxygens (including phenoxy) is 2. The van der Waals surface area contributed by atoms with Crippen LogP contribution in [0.25, 0.3) is 10.9 Å². The maximum atomic E-state index is 12.5. The van der Waals surface area contributed by atoms with Crippen LogP contribution >= 0.6 is 11.6 Å². The number of aliphatic hydroxyl groups excluding tert-OH is 1. The third kappa shape index (κ3) is 6.95. The Balaban J connectivity index is 1.24. The second kappa shape index (κ2) is 12.9. The first-order valence-corrected chi connectivity index (χ1v) is 13.5. The van der Waals surface area contributed by atoms with Crippen molar-refractivity contribution in [2.24, 2.45) is 0 Å². The first kappa shape index (κ1) is 27.6. The monoisotopic (exact) mass is 562 g/mol. The van der Waals surface area contributed by atoms with Crippen molar-refractivity contribution in [1.82, 2.24) is 19.9 Å². The van der Waals surface area contributed by atoms with E-state index in [1.54, 1.807) is 49.7 Å². The fourth-order valence-corrected chi connectivity index (χ4v) is 4.62. The molecule has 11 heteroatoms. The standard InChI is InChI=1S/C29H31ClN6O4/c1-39-25-15-23-24(16-26(25)40-13-3-10-36(11-12-37)22-7-8-22)32-18-33-28(23)34-21-6-9-27(31-17-21)35-29(38)19-4-2-5-20(30)14-19/h2,4-6,9,14-18,22,37H,3,7-8,10-13H2,1H3,(H,31,35,38)(H,32,33,34). The van der Waals surface area contributed by atoms with Gasteiger partial charge in [0.2, 0.25) is 0 Å². The number of aliphatic hydroxyl groups is 1. The number of nitrogens with zero attached hydrogens (tertiary/aromatic N) is 4. The summed E-state index contributed by atoms with van der Waals surface area (Å²) in [6.07, 6.45) is 6.34. The molecule has 0 saturated heterocycles. The second-order valence-corrected chi connectivity index (χ2v) is 9.89. The molecule has 1 amide bonds. The smallest absolute Gasteiger partial charge is 0.256 e. The van der Waals surface area contributed by atoms with E-state index in [4.69, 9.17) is 21.1 Å². The molecule has 2 heterocycles. The summed E-state index contributed by atoms with van der Waals surface area (Å²) in [4.78, 5) is 28.0. The first-order valence-electron chi connectivity index (χ1n) is 13.1. The Hall–Kier alpha value is -3.99. The largest absolute Gasteiger partial charge is 0.493 e. The number of halogens is 1. The summed E-state index contributed by atoms with van der Waals surface area (Å²) in [6, 6.07) is 14.5. The van der Waals surface area contributed by atoms with Gasteiger partial charge in [0.1, 0.15) is 18.0 Å². The van der Waals surface area contributed by atoms with Crippen molar-refractivity contribution in [1.29, 1.82) is 0 Å². The van der Waals surface area contributed by atoms with E-state index in [2.05, 4.69) is 30.5 Å². The fourth-order valence-electron chi connectivity index (χ4n) is 4.43. The molecule has 1 aliphatic carbocycles. The number of carbonyl (C=O) groups excluding carboxylic acids is 1. The van der Waals surface area contributed by atoms with Gasteiger partial charge in [0, 0.05) is 41.2 Å². The van der Waals surface area contributed by atoms with E-state index in [9.17, 15) is 9.90 Å². The van der Waals surface area contributed by atoms with Crippen molar-refractivity contribution in [3.05, 3.63) is 71.6 Å². The number of fused-ring (bicyclic) bond motifs is 1. The molecule has 1 fully saturated rings. The van der Waals surface area contributed by atoms with Gasteiger partial charge in [-0.05, 0) is 55.7 Å². The number of benzene rings is 2. The number of hydrogen-bond acceptors (Lipinski definition) is 9. The van der Waals surface area contributed by atoms with Crippen LogP contribution in [-0.2, 0) is 0 Å². The van der Waals surface area contributed by atoms with Crippen LogP contribution in [0.5, 0.6) is 11.5 Å². The normalized spacial score (nSPS) is 12.9. The van der Waals surface area contributed by atoms with Gasteiger partial charge in [-0.1, -0.05) is 17.7 Å². The first-order chi connectivity index (χ1) is 19.5. The Morgan fingerprint density at radius 2 is 1.98 bits per heavy atom. The van der Waals surface area contributed by atoms with Gasteiger partial charge >= 0.3 is 0 Å². The predicted octanol–water partition coefficient (Wildman–Crippen LogP) is 4.91. The number of pyridine rings is 1. The van der Waals surface area contributed by atoms with Gasteiger partial charge in [0.25, 0.3) is 5.91 Å². The highest BCUT2D eigenvalue weighted by atomic mass is 35.5. The molecule has 1 aliphatic rings. The molecule has 0 aliphatic heterocycles. The van der Waals surface area contributed by atoms with Crippen LogP contribution in [0.3, 0.4) is 0 Å². The lowest BCUT2D eigenvalue weighted by atomic mass is 10.2. The van der Waals surface area contributed by atoms with Crippen LogP contribution in [0, 0.1) is 0 Å². The van der Waals surface area contributed by atoms with Crippen LogP contribution < -0.4 is 20.1 Å². The van der Waals surface area contributed by atoms with Crippen molar-refractivity contribution < 1.29 is 19.4 Å². The molecular weight excluding hydrogens is 532 g/mol. The van der Waals surface area contributed by atoms with E-state index in [1.807, 2.05) is 12.1 Å². The minimum atomic E-state index is -0.298. The Morgan fingerprint density at radius 3 is 2.70 bits per heavy atom. The molecule has 0 spiro atoms. The van der Waals surface area contributed by atoms with Crippen LogP contribution in [0.4, 0.5) is 17.3 Å². The van der Waals surface area contributed by atoms with E-state index in [0.29, 0.717) is 64.1 Å². The van der Waals surface area contributed by atoms with Crippen LogP contribution in [0.15, 0.2) is 61.1 Å². The Labute approximate surface area is 237 Å². The molecule has 1 saturated carbocycles. The molecule has 3 N–H and O–H groups in total.